The molecule has 0 fully saturated rings. The van der Waals surface area contributed by atoms with Gasteiger partial charge in [0.05, 0.1) is 13.7 Å². The fourth-order valence-corrected chi connectivity index (χ4v) is 4.92. The summed E-state index contributed by atoms with van der Waals surface area (Å²) in [5, 5.41) is 6.14. The van der Waals surface area contributed by atoms with Crippen LogP contribution in [0.5, 0.6) is 5.75 Å². The molecule has 0 spiro atoms. The molecule has 0 bridgehead atoms. The lowest BCUT2D eigenvalue weighted by molar-refractivity contribution is -0.141. The zero-order valence-corrected chi connectivity index (χ0v) is 25.2. The number of aryl methyl sites for hydroxylation is 1. The molecule has 228 valence electrons. The Morgan fingerprint density at radius 3 is 2.14 bits per heavy atom. The molecular formula is C37H40N2O5. The topological polar surface area (TPSA) is 93.7 Å². The molecule has 0 aliphatic carbocycles. The Balaban J connectivity index is 1.21. The number of unbranched alkanes of at least 4 members (excludes halogenated alkanes) is 2. The van der Waals surface area contributed by atoms with Crippen LogP contribution in [0.4, 0.5) is 5.69 Å². The lowest BCUT2D eigenvalue weighted by Crippen LogP contribution is -2.33. The van der Waals surface area contributed by atoms with Crippen molar-refractivity contribution < 1.29 is 23.9 Å². The van der Waals surface area contributed by atoms with Crippen LogP contribution >= 0.6 is 0 Å². The second-order valence-electron chi connectivity index (χ2n) is 10.6. The van der Waals surface area contributed by atoms with Crippen molar-refractivity contribution in [3.05, 3.63) is 131 Å². The van der Waals surface area contributed by atoms with Crippen molar-refractivity contribution in [2.24, 2.45) is 0 Å². The average Bonchev–Trinajstić information content (AvgIpc) is 3.07. The van der Waals surface area contributed by atoms with Gasteiger partial charge in [0.2, 0.25) is 5.91 Å². The summed E-state index contributed by atoms with van der Waals surface area (Å²) < 4.78 is 10.9. The maximum atomic E-state index is 13.2. The smallest absolute Gasteiger partial charge is 0.328 e. The quantitative estimate of drug-likeness (QED) is 0.0836. The van der Waals surface area contributed by atoms with Crippen molar-refractivity contribution in [1.82, 2.24) is 5.32 Å². The first-order valence-electron chi connectivity index (χ1n) is 15.1. The van der Waals surface area contributed by atoms with Gasteiger partial charge in [0.1, 0.15) is 18.4 Å². The van der Waals surface area contributed by atoms with Gasteiger partial charge in [-0.05, 0) is 54.7 Å². The van der Waals surface area contributed by atoms with E-state index in [0.29, 0.717) is 48.6 Å². The molecule has 0 radical (unpaired) electrons. The second-order valence-corrected chi connectivity index (χ2v) is 10.6. The molecule has 4 aromatic rings. The van der Waals surface area contributed by atoms with E-state index in [9.17, 15) is 14.4 Å². The number of methoxy groups -OCH3 is 1. The summed E-state index contributed by atoms with van der Waals surface area (Å²) >= 11 is 0. The zero-order chi connectivity index (χ0) is 31.0. The number of amides is 1. The third-order valence-corrected chi connectivity index (χ3v) is 7.29. The maximum absolute atomic E-state index is 13.2. The number of esters is 1. The molecule has 4 aromatic carbocycles. The fourth-order valence-electron chi connectivity index (χ4n) is 4.92. The lowest BCUT2D eigenvalue weighted by Gasteiger charge is -2.20. The Morgan fingerprint density at radius 2 is 1.41 bits per heavy atom. The number of hydrogen-bond acceptors (Lipinski definition) is 6. The van der Waals surface area contributed by atoms with Crippen LogP contribution in [0.1, 0.15) is 52.7 Å². The van der Waals surface area contributed by atoms with Gasteiger partial charge in [-0.3, -0.25) is 9.59 Å². The van der Waals surface area contributed by atoms with Crippen LogP contribution in [0.15, 0.2) is 109 Å². The summed E-state index contributed by atoms with van der Waals surface area (Å²) in [4.78, 5) is 38.0. The Morgan fingerprint density at radius 1 is 0.727 bits per heavy atom. The highest BCUT2D eigenvalue weighted by molar-refractivity contribution is 6.12. The molecule has 44 heavy (non-hydrogen) atoms. The van der Waals surface area contributed by atoms with Gasteiger partial charge in [-0.2, -0.15) is 0 Å². The molecule has 1 amide bonds. The fraction of sp³-hybridized carbons (Fsp3) is 0.270. The van der Waals surface area contributed by atoms with Crippen molar-refractivity contribution in [3.8, 4) is 5.75 Å². The normalized spacial score (nSPS) is 11.3. The standard InChI is InChI=1S/C37H40N2O5/c1-43-37(42)34(39-33-19-12-11-18-32(33)36(41)30-16-8-4-9-17-30)27-29-21-23-31(24-22-29)44-26-25-38-35(40)20-10-3-7-15-28-13-5-2-6-14-28/h2,4-6,8-9,11-14,16-19,21-24,34,39H,3,7,10,15,20,25-27H2,1H3,(H,38,40)/t34-/m0/s1. The predicted octanol–water partition coefficient (Wildman–Crippen LogP) is 6.41. The molecule has 0 saturated heterocycles. The van der Waals surface area contributed by atoms with Gasteiger partial charge in [-0.1, -0.05) is 91.3 Å². The minimum Gasteiger partial charge on any atom is -0.492 e. The first-order valence-corrected chi connectivity index (χ1v) is 15.1. The SMILES string of the molecule is COC(=O)[C@H](Cc1ccc(OCCNC(=O)CCCCCc2ccccc2)cc1)Nc1ccccc1C(=O)c1ccccc1. The van der Waals surface area contributed by atoms with Gasteiger partial charge in [0.25, 0.3) is 0 Å². The Labute approximate surface area is 259 Å². The van der Waals surface area contributed by atoms with Gasteiger partial charge in [0.15, 0.2) is 5.78 Å². The Bertz CT molecular complexity index is 1470. The van der Waals surface area contributed by atoms with Crippen molar-refractivity contribution in [3.63, 3.8) is 0 Å². The Kier molecular flexibility index (Phi) is 12.6. The zero-order valence-electron chi connectivity index (χ0n) is 25.2. The number of ether oxygens (including phenoxy) is 2. The van der Waals surface area contributed by atoms with E-state index in [1.165, 1.54) is 12.7 Å². The Hall–Kier alpha value is -4.91. The van der Waals surface area contributed by atoms with E-state index in [0.717, 1.165) is 31.2 Å². The van der Waals surface area contributed by atoms with Gasteiger partial charge in [-0.25, -0.2) is 4.79 Å². The number of rotatable bonds is 17. The molecule has 0 heterocycles. The minimum atomic E-state index is -0.704. The second kappa shape index (κ2) is 17.3. The van der Waals surface area contributed by atoms with Gasteiger partial charge >= 0.3 is 5.97 Å². The van der Waals surface area contributed by atoms with E-state index >= 15 is 0 Å². The number of anilines is 1. The summed E-state index contributed by atoms with van der Waals surface area (Å²) in [5.41, 5.74) is 3.84. The molecule has 2 N–H and O–H groups in total. The average molecular weight is 593 g/mol. The van der Waals surface area contributed by atoms with Crippen LogP contribution in [0.25, 0.3) is 0 Å². The summed E-state index contributed by atoms with van der Waals surface area (Å²) in [7, 11) is 1.35. The summed E-state index contributed by atoms with van der Waals surface area (Å²) in [6, 6.07) is 33.3. The number of para-hydroxylation sites is 1. The number of carbonyl (C=O) groups excluding carboxylic acids is 3. The summed E-state index contributed by atoms with van der Waals surface area (Å²) in [5.74, 6) is 0.149. The van der Waals surface area contributed by atoms with E-state index < -0.39 is 12.0 Å². The van der Waals surface area contributed by atoms with Crippen LogP contribution in [-0.2, 0) is 27.2 Å². The molecule has 7 nitrogen and oxygen atoms in total. The summed E-state index contributed by atoms with van der Waals surface area (Å²) in [6.45, 7) is 0.789. The van der Waals surface area contributed by atoms with Crippen molar-refractivity contribution in [2.45, 2.75) is 44.6 Å². The molecule has 0 unspecified atom stereocenters. The highest BCUT2D eigenvalue weighted by atomic mass is 16.5. The van der Waals surface area contributed by atoms with Crippen molar-refractivity contribution in [2.75, 3.05) is 25.6 Å². The number of hydrogen-bond donors (Lipinski definition) is 2. The molecule has 7 heteroatoms. The number of benzene rings is 4. The summed E-state index contributed by atoms with van der Waals surface area (Å²) in [6.07, 6.45) is 4.88. The monoisotopic (exact) mass is 592 g/mol. The first kappa shape index (κ1) is 32.0. The third kappa shape index (κ3) is 10.1. The largest absolute Gasteiger partial charge is 0.492 e. The number of ketones is 1. The van der Waals surface area contributed by atoms with E-state index in [-0.39, 0.29) is 11.7 Å². The third-order valence-electron chi connectivity index (χ3n) is 7.29. The van der Waals surface area contributed by atoms with Gasteiger partial charge in [0, 0.05) is 29.7 Å². The van der Waals surface area contributed by atoms with Crippen LogP contribution in [0, 0.1) is 0 Å². The van der Waals surface area contributed by atoms with Gasteiger partial charge in [-0.15, -0.1) is 0 Å². The van der Waals surface area contributed by atoms with Crippen molar-refractivity contribution in [1.29, 1.82) is 0 Å². The molecule has 0 aliphatic heterocycles. The maximum Gasteiger partial charge on any atom is 0.328 e. The number of carbonyl (C=O) groups is 3. The van der Waals surface area contributed by atoms with Crippen LogP contribution in [0.2, 0.25) is 0 Å². The molecule has 0 aliphatic rings. The van der Waals surface area contributed by atoms with E-state index in [1.54, 1.807) is 30.3 Å². The molecular weight excluding hydrogens is 552 g/mol. The van der Waals surface area contributed by atoms with Gasteiger partial charge < -0.3 is 20.1 Å². The molecule has 4 rings (SSSR count). The van der Waals surface area contributed by atoms with Crippen LogP contribution in [0.3, 0.4) is 0 Å². The highest BCUT2D eigenvalue weighted by Gasteiger charge is 2.22. The molecule has 0 saturated carbocycles. The van der Waals surface area contributed by atoms with Crippen LogP contribution in [-0.4, -0.2) is 44.0 Å². The van der Waals surface area contributed by atoms with E-state index in [2.05, 4.69) is 34.9 Å². The first-order chi connectivity index (χ1) is 21.5. The highest BCUT2D eigenvalue weighted by Crippen LogP contribution is 2.22. The lowest BCUT2D eigenvalue weighted by atomic mass is 10.00. The minimum absolute atomic E-state index is 0.0389. The van der Waals surface area contributed by atoms with E-state index in [4.69, 9.17) is 9.47 Å². The van der Waals surface area contributed by atoms with E-state index in [1.807, 2.05) is 54.6 Å². The van der Waals surface area contributed by atoms with Crippen molar-refractivity contribution >= 4 is 23.3 Å². The van der Waals surface area contributed by atoms with Crippen LogP contribution < -0.4 is 15.4 Å². The number of nitrogens with one attached hydrogen (secondary N) is 2. The molecule has 1 atom stereocenters. The predicted molar refractivity (Wildman–Crippen MR) is 173 cm³/mol. The molecule has 0 aromatic heterocycles.